The van der Waals surface area contributed by atoms with E-state index in [0.717, 1.165) is 11.1 Å². The Morgan fingerprint density at radius 3 is 2.29 bits per heavy atom. The number of carbonyl (C=O) groups excluding carboxylic acids is 2. The van der Waals surface area contributed by atoms with Crippen LogP contribution >= 0.6 is 0 Å². The van der Waals surface area contributed by atoms with Crippen LogP contribution in [-0.4, -0.2) is 29.5 Å². The molecule has 2 aromatic carbocycles. The molecule has 2 N–H and O–H groups in total. The summed E-state index contributed by atoms with van der Waals surface area (Å²) in [5, 5.41) is 0. The van der Waals surface area contributed by atoms with E-state index in [1.54, 1.807) is 6.08 Å². The second-order valence-electron chi connectivity index (χ2n) is 5.56. The molecular formula is C19H18N2O3. The third kappa shape index (κ3) is 3.46. The van der Waals surface area contributed by atoms with Gasteiger partial charge in [-0.25, -0.2) is 4.79 Å². The van der Waals surface area contributed by atoms with Crippen LogP contribution in [0.5, 0.6) is 0 Å². The first kappa shape index (κ1) is 15.8. The van der Waals surface area contributed by atoms with Gasteiger partial charge >= 0.3 is 6.09 Å². The monoisotopic (exact) mass is 322 g/mol. The Hall–Kier alpha value is -3.08. The van der Waals surface area contributed by atoms with Gasteiger partial charge in [0.25, 0.3) is 0 Å². The van der Waals surface area contributed by atoms with Gasteiger partial charge in [0.15, 0.2) is 0 Å². The zero-order chi connectivity index (χ0) is 16.9. The number of nitrogens with two attached hydrogens (primary N) is 1. The van der Waals surface area contributed by atoms with Crippen molar-refractivity contribution in [2.75, 3.05) is 6.54 Å². The molecule has 2 aromatic rings. The molecule has 0 saturated carbocycles. The van der Waals surface area contributed by atoms with Crippen LogP contribution in [0.3, 0.4) is 0 Å². The van der Waals surface area contributed by atoms with Gasteiger partial charge in [-0.15, -0.1) is 0 Å². The molecule has 3 rings (SSSR count). The summed E-state index contributed by atoms with van der Waals surface area (Å²) in [6, 6.07) is 18.1. The van der Waals surface area contributed by atoms with Crippen molar-refractivity contribution in [1.82, 2.24) is 4.90 Å². The average molecular weight is 322 g/mol. The molecule has 0 aromatic heterocycles. The molecule has 1 heterocycles. The summed E-state index contributed by atoms with van der Waals surface area (Å²) in [7, 11) is 0. The highest BCUT2D eigenvalue weighted by Gasteiger charge is 2.32. The lowest BCUT2D eigenvalue weighted by molar-refractivity contribution is -0.122. The third-order valence-corrected chi connectivity index (χ3v) is 3.94. The van der Waals surface area contributed by atoms with E-state index in [1.165, 1.54) is 4.90 Å². The van der Waals surface area contributed by atoms with Crippen LogP contribution in [0.15, 0.2) is 66.7 Å². The zero-order valence-corrected chi connectivity index (χ0v) is 13.1. The van der Waals surface area contributed by atoms with Crippen LogP contribution in [-0.2, 0) is 16.0 Å². The van der Waals surface area contributed by atoms with Gasteiger partial charge in [-0.1, -0.05) is 60.7 Å². The number of amides is 2. The number of ether oxygens (including phenoxy) is 1. The van der Waals surface area contributed by atoms with Gasteiger partial charge in [0.2, 0.25) is 5.91 Å². The molecule has 5 nitrogen and oxygen atoms in total. The van der Waals surface area contributed by atoms with E-state index in [2.05, 4.69) is 0 Å². The Balaban J connectivity index is 1.79. The fourth-order valence-corrected chi connectivity index (χ4v) is 2.69. The number of hydrogen-bond donors (Lipinski definition) is 1. The molecule has 2 amide bonds. The van der Waals surface area contributed by atoms with E-state index in [4.69, 9.17) is 10.5 Å². The predicted molar refractivity (Wildman–Crippen MR) is 90.7 cm³/mol. The van der Waals surface area contributed by atoms with Crippen molar-refractivity contribution in [1.29, 1.82) is 0 Å². The van der Waals surface area contributed by atoms with Crippen molar-refractivity contribution in [3.8, 4) is 0 Å². The van der Waals surface area contributed by atoms with Crippen molar-refractivity contribution >= 4 is 17.8 Å². The van der Waals surface area contributed by atoms with Gasteiger partial charge in [-0.05, 0) is 11.6 Å². The first-order valence-electron chi connectivity index (χ1n) is 7.72. The minimum Gasteiger partial charge on any atom is -0.410 e. The molecule has 1 atom stereocenters. The van der Waals surface area contributed by atoms with E-state index in [1.807, 2.05) is 60.7 Å². The molecule has 0 saturated heterocycles. The Morgan fingerprint density at radius 1 is 1.08 bits per heavy atom. The fourth-order valence-electron chi connectivity index (χ4n) is 2.69. The fraction of sp³-hybridized carbons (Fsp3) is 0.158. The van der Waals surface area contributed by atoms with Crippen LogP contribution in [0, 0.1) is 0 Å². The van der Waals surface area contributed by atoms with Gasteiger partial charge in [-0.3, -0.25) is 9.69 Å². The largest absolute Gasteiger partial charge is 0.416 e. The van der Waals surface area contributed by atoms with Gasteiger partial charge in [0.05, 0.1) is 0 Å². The summed E-state index contributed by atoms with van der Waals surface area (Å²) in [4.78, 5) is 25.6. The normalized spacial score (nSPS) is 15.4. The van der Waals surface area contributed by atoms with Crippen LogP contribution in [0.1, 0.15) is 11.1 Å². The molecule has 24 heavy (non-hydrogen) atoms. The Labute approximate surface area is 140 Å². The molecule has 1 aliphatic heterocycles. The summed E-state index contributed by atoms with van der Waals surface area (Å²) in [5.74, 6) is -0.0489. The lowest BCUT2D eigenvalue weighted by atomic mass is 10.0. The highest BCUT2D eigenvalue weighted by molar-refractivity contribution is 5.87. The molecule has 0 aliphatic carbocycles. The molecule has 0 fully saturated rings. The van der Waals surface area contributed by atoms with Gasteiger partial charge in [-0.2, -0.15) is 0 Å². The van der Waals surface area contributed by atoms with Gasteiger partial charge < -0.3 is 10.5 Å². The number of carbonyl (C=O) groups is 2. The molecular weight excluding hydrogens is 304 g/mol. The molecule has 1 aliphatic rings. The third-order valence-electron chi connectivity index (χ3n) is 3.94. The Morgan fingerprint density at radius 2 is 1.71 bits per heavy atom. The second kappa shape index (κ2) is 7.00. The van der Waals surface area contributed by atoms with Crippen LogP contribution in [0.25, 0.3) is 5.76 Å². The van der Waals surface area contributed by atoms with Crippen LogP contribution < -0.4 is 5.73 Å². The first-order valence-corrected chi connectivity index (χ1v) is 7.72. The predicted octanol–water partition coefficient (Wildman–Crippen LogP) is 2.58. The quantitative estimate of drug-likeness (QED) is 0.919. The number of nitrogens with zero attached hydrogens (tertiary/aromatic N) is 1. The maximum Gasteiger partial charge on any atom is 0.416 e. The molecule has 0 spiro atoms. The van der Waals surface area contributed by atoms with Crippen LogP contribution in [0.2, 0.25) is 0 Å². The Kier molecular flexibility index (Phi) is 4.61. The minimum atomic E-state index is -0.742. The van der Waals surface area contributed by atoms with Gasteiger partial charge in [0.1, 0.15) is 11.8 Å². The number of cyclic esters (lactones) is 1. The summed E-state index contributed by atoms with van der Waals surface area (Å²) in [5.41, 5.74) is 7.27. The highest BCUT2D eigenvalue weighted by atomic mass is 16.6. The van der Waals surface area contributed by atoms with Crippen molar-refractivity contribution < 1.29 is 14.3 Å². The first-order chi connectivity index (χ1) is 11.6. The lowest BCUT2D eigenvalue weighted by Crippen LogP contribution is -2.50. The minimum absolute atomic E-state index is 0.281. The number of primary amides is 1. The number of benzene rings is 2. The van der Waals surface area contributed by atoms with E-state index >= 15 is 0 Å². The van der Waals surface area contributed by atoms with Crippen molar-refractivity contribution in [2.45, 2.75) is 12.5 Å². The highest BCUT2D eigenvalue weighted by Crippen LogP contribution is 2.23. The molecule has 5 heteroatoms. The van der Waals surface area contributed by atoms with Gasteiger partial charge in [0, 0.05) is 18.5 Å². The summed E-state index contributed by atoms with van der Waals surface area (Å²) in [6.45, 7) is 0.281. The Bertz CT molecular complexity index is 757. The lowest BCUT2D eigenvalue weighted by Gasteiger charge is -2.31. The smallest absolute Gasteiger partial charge is 0.410 e. The molecule has 0 bridgehead atoms. The van der Waals surface area contributed by atoms with Crippen LogP contribution in [0.4, 0.5) is 4.79 Å². The maximum absolute atomic E-state index is 12.4. The standard InChI is InChI=1S/C19H18N2O3/c20-18(22)16(13-14-7-3-1-4-8-14)21-12-11-17(24-19(21)23)15-9-5-2-6-10-15/h1-11,16H,12-13H2,(H2,20,22)/t16-/m0/s1. The van der Waals surface area contributed by atoms with E-state index < -0.39 is 18.0 Å². The van der Waals surface area contributed by atoms with E-state index in [9.17, 15) is 9.59 Å². The van der Waals surface area contributed by atoms with Crippen molar-refractivity contribution in [3.05, 3.63) is 77.9 Å². The summed E-state index contributed by atoms with van der Waals surface area (Å²) < 4.78 is 5.39. The second-order valence-corrected chi connectivity index (χ2v) is 5.56. The molecule has 0 unspecified atom stereocenters. The van der Waals surface area contributed by atoms with Crippen molar-refractivity contribution in [2.24, 2.45) is 5.73 Å². The molecule has 0 radical (unpaired) electrons. The maximum atomic E-state index is 12.4. The SMILES string of the molecule is NC(=O)[C@H](Cc1ccccc1)N1CC=C(c2ccccc2)OC1=O. The van der Waals surface area contributed by atoms with Crippen molar-refractivity contribution in [3.63, 3.8) is 0 Å². The topological polar surface area (TPSA) is 72.6 Å². The van der Waals surface area contributed by atoms with E-state index in [0.29, 0.717) is 12.2 Å². The molecule has 122 valence electrons. The average Bonchev–Trinajstić information content (AvgIpc) is 2.61. The number of hydrogen-bond acceptors (Lipinski definition) is 3. The summed E-state index contributed by atoms with van der Waals surface area (Å²) >= 11 is 0. The summed E-state index contributed by atoms with van der Waals surface area (Å²) in [6.07, 6.45) is 1.59. The van der Waals surface area contributed by atoms with E-state index in [-0.39, 0.29) is 6.54 Å². The zero-order valence-electron chi connectivity index (χ0n) is 13.1. The number of rotatable bonds is 5.